The van der Waals surface area contributed by atoms with E-state index in [1.165, 1.54) is 7.11 Å². The van der Waals surface area contributed by atoms with Crippen molar-refractivity contribution >= 4 is 27.5 Å². The van der Waals surface area contributed by atoms with E-state index >= 15 is 0 Å². The van der Waals surface area contributed by atoms with Crippen molar-refractivity contribution in [1.82, 2.24) is 15.0 Å². The van der Waals surface area contributed by atoms with Gasteiger partial charge < -0.3 is 15.2 Å². The number of halogens is 2. The fourth-order valence-corrected chi connectivity index (χ4v) is 2.81. The lowest BCUT2D eigenvalue weighted by atomic mass is 10.0. The molecule has 108 valence electrons. The topological polar surface area (TPSA) is 75.2 Å². The minimum Gasteiger partial charge on any atom is -0.493 e. The number of methoxy groups -OCH3 is 2. The van der Waals surface area contributed by atoms with Crippen LogP contribution in [0.1, 0.15) is 17.3 Å². The van der Waals surface area contributed by atoms with Gasteiger partial charge in [0.1, 0.15) is 0 Å². The van der Waals surface area contributed by atoms with Crippen LogP contribution >= 0.6 is 27.5 Å². The number of benzene rings is 1. The van der Waals surface area contributed by atoms with Crippen LogP contribution in [0.4, 0.5) is 0 Å². The lowest BCUT2D eigenvalue weighted by Crippen LogP contribution is -2.16. The Morgan fingerprint density at radius 1 is 1.35 bits per heavy atom. The molecule has 0 spiro atoms. The van der Waals surface area contributed by atoms with E-state index in [1.54, 1.807) is 31.0 Å². The molecule has 1 atom stereocenters. The smallest absolute Gasteiger partial charge is 0.179 e. The largest absolute Gasteiger partial charge is 0.493 e. The van der Waals surface area contributed by atoms with Crippen molar-refractivity contribution in [1.29, 1.82) is 0 Å². The number of hydrogen-bond acceptors (Lipinski definition) is 5. The Morgan fingerprint density at radius 3 is 2.55 bits per heavy atom. The molecule has 1 heterocycles. The van der Waals surface area contributed by atoms with E-state index in [-0.39, 0.29) is 0 Å². The van der Waals surface area contributed by atoms with Crippen LogP contribution in [0, 0.1) is 0 Å². The maximum Gasteiger partial charge on any atom is 0.179 e. The molecule has 2 rings (SSSR count). The molecule has 0 aliphatic heterocycles. The second-order valence-electron chi connectivity index (χ2n) is 4.11. The second-order valence-corrected chi connectivity index (χ2v) is 5.26. The first-order valence-electron chi connectivity index (χ1n) is 5.71. The van der Waals surface area contributed by atoms with Gasteiger partial charge in [0, 0.05) is 7.05 Å². The zero-order valence-electron chi connectivity index (χ0n) is 11.2. The Hall–Kier alpha value is -1.31. The van der Waals surface area contributed by atoms with Gasteiger partial charge in [0.05, 0.1) is 31.0 Å². The predicted octanol–water partition coefficient (Wildman–Crippen LogP) is 2.30. The summed E-state index contributed by atoms with van der Waals surface area (Å²) in [6.45, 7) is 0. The van der Waals surface area contributed by atoms with Crippen LogP contribution in [0.25, 0.3) is 0 Å². The van der Waals surface area contributed by atoms with Gasteiger partial charge in [0.25, 0.3) is 0 Å². The van der Waals surface area contributed by atoms with Crippen LogP contribution in [0.3, 0.4) is 0 Å². The third kappa shape index (κ3) is 2.61. The van der Waals surface area contributed by atoms with Crippen molar-refractivity contribution in [3.8, 4) is 11.5 Å². The van der Waals surface area contributed by atoms with E-state index in [0.717, 1.165) is 11.3 Å². The van der Waals surface area contributed by atoms with Crippen LogP contribution < -0.4 is 15.2 Å². The van der Waals surface area contributed by atoms with Crippen LogP contribution in [-0.4, -0.2) is 29.2 Å². The molecule has 0 saturated heterocycles. The molecule has 0 amide bonds. The Labute approximate surface area is 129 Å². The molecular weight excluding hydrogens is 348 g/mol. The molecule has 6 nitrogen and oxygen atoms in total. The molecular formula is C12H14BrClN4O2. The lowest BCUT2D eigenvalue weighted by molar-refractivity contribution is 0.354. The highest BCUT2D eigenvalue weighted by atomic mass is 79.9. The highest BCUT2D eigenvalue weighted by molar-refractivity contribution is 9.10. The summed E-state index contributed by atoms with van der Waals surface area (Å²) in [6.07, 6.45) is 0. The fourth-order valence-electron chi connectivity index (χ4n) is 1.94. The van der Waals surface area contributed by atoms with E-state index in [2.05, 4.69) is 26.2 Å². The molecule has 1 aromatic heterocycles. The second kappa shape index (κ2) is 5.99. The predicted molar refractivity (Wildman–Crippen MR) is 79.3 cm³/mol. The summed E-state index contributed by atoms with van der Waals surface area (Å²) < 4.78 is 12.7. The summed E-state index contributed by atoms with van der Waals surface area (Å²) in [4.78, 5) is 0. The van der Waals surface area contributed by atoms with Gasteiger partial charge in [-0.25, -0.2) is 4.68 Å². The number of rotatable bonds is 4. The van der Waals surface area contributed by atoms with Crippen molar-refractivity contribution in [3.63, 3.8) is 0 Å². The van der Waals surface area contributed by atoms with Crippen LogP contribution in [0.5, 0.6) is 11.5 Å². The number of aryl methyl sites for hydroxylation is 1. The number of nitrogens with zero attached hydrogens (tertiary/aromatic N) is 3. The zero-order valence-corrected chi connectivity index (χ0v) is 13.6. The Bertz CT molecular complexity index is 613. The minimum atomic E-state index is -0.443. The van der Waals surface area contributed by atoms with Crippen molar-refractivity contribution in [2.45, 2.75) is 6.04 Å². The average Bonchev–Trinajstić information content (AvgIpc) is 2.76. The van der Waals surface area contributed by atoms with Gasteiger partial charge in [-0.2, -0.15) is 0 Å². The number of nitrogens with two attached hydrogens (primary N) is 1. The summed E-state index contributed by atoms with van der Waals surface area (Å²) in [5.41, 5.74) is 7.78. The molecule has 20 heavy (non-hydrogen) atoms. The molecule has 2 aromatic rings. The van der Waals surface area contributed by atoms with Crippen molar-refractivity contribution in [2.75, 3.05) is 14.2 Å². The van der Waals surface area contributed by atoms with E-state index < -0.39 is 6.04 Å². The van der Waals surface area contributed by atoms with Crippen molar-refractivity contribution in [2.24, 2.45) is 12.8 Å². The lowest BCUT2D eigenvalue weighted by Gasteiger charge is -2.16. The quantitative estimate of drug-likeness (QED) is 0.904. The van der Waals surface area contributed by atoms with Crippen molar-refractivity contribution < 1.29 is 9.47 Å². The van der Waals surface area contributed by atoms with Gasteiger partial charge in [0.15, 0.2) is 16.1 Å². The third-order valence-electron chi connectivity index (χ3n) is 2.94. The summed E-state index contributed by atoms with van der Waals surface area (Å²) in [5, 5.41) is 8.27. The molecule has 0 radical (unpaired) electrons. The summed E-state index contributed by atoms with van der Waals surface area (Å²) in [5.74, 6) is 1.00. The van der Waals surface area contributed by atoms with Crippen LogP contribution in [0.15, 0.2) is 16.7 Å². The van der Waals surface area contributed by atoms with E-state index in [0.29, 0.717) is 21.1 Å². The van der Waals surface area contributed by atoms with E-state index in [9.17, 15) is 0 Å². The minimum absolute atomic E-state index is 0.434. The first kappa shape index (κ1) is 15.1. The van der Waals surface area contributed by atoms with Gasteiger partial charge in [0.2, 0.25) is 0 Å². The van der Waals surface area contributed by atoms with Crippen LogP contribution in [-0.2, 0) is 7.05 Å². The number of ether oxygens (including phenoxy) is 2. The van der Waals surface area contributed by atoms with Gasteiger partial charge in [-0.3, -0.25) is 0 Å². The Kier molecular flexibility index (Phi) is 4.52. The summed E-state index contributed by atoms with van der Waals surface area (Å²) in [6, 6.07) is 3.09. The molecule has 1 aromatic carbocycles. The van der Waals surface area contributed by atoms with E-state index in [1.807, 2.05) is 0 Å². The highest BCUT2D eigenvalue weighted by Crippen LogP contribution is 2.38. The third-order valence-corrected chi connectivity index (χ3v) is 3.78. The number of hydrogen-bond donors (Lipinski definition) is 1. The summed E-state index contributed by atoms with van der Waals surface area (Å²) >= 11 is 9.52. The van der Waals surface area contributed by atoms with Crippen molar-refractivity contribution in [3.05, 3.63) is 33.0 Å². The first-order valence-corrected chi connectivity index (χ1v) is 6.88. The molecule has 0 aliphatic rings. The van der Waals surface area contributed by atoms with Gasteiger partial charge in [-0.05, 0) is 33.6 Å². The van der Waals surface area contributed by atoms with Gasteiger partial charge in [-0.15, -0.1) is 5.10 Å². The molecule has 0 fully saturated rings. The number of aromatic nitrogens is 3. The molecule has 2 N–H and O–H groups in total. The maximum absolute atomic E-state index is 6.26. The SMILES string of the molecule is COc1cc(C(N)c2c(Br)nnn2C)cc(Cl)c1OC. The van der Waals surface area contributed by atoms with Gasteiger partial charge >= 0.3 is 0 Å². The normalized spacial score (nSPS) is 12.3. The highest BCUT2D eigenvalue weighted by Gasteiger charge is 2.21. The zero-order chi connectivity index (χ0) is 14.9. The maximum atomic E-state index is 6.26. The van der Waals surface area contributed by atoms with Gasteiger partial charge in [-0.1, -0.05) is 16.8 Å². The standard InChI is InChI=1S/C12H14BrClN4O2/c1-18-10(12(13)16-17-18)9(15)6-4-7(14)11(20-3)8(5-6)19-2/h4-5,9H,15H2,1-3H3. The fraction of sp³-hybridized carbons (Fsp3) is 0.333. The average molecular weight is 362 g/mol. The Morgan fingerprint density at radius 2 is 2.05 bits per heavy atom. The van der Waals surface area contributed by atoms with Crippen LogP contribution in [0.2, 0.25) is 5.02 Å². The monoisotopic (exact) mass is 360 g/mol. The van der Waals surface area contributed by atoms with E-state index in [4.69, 9.17) is 26.8 Å². The Balaban J connectivity index is 2.51. The first-order chi connectivity index (χ1) is 9.49. The summed E-state index contributed by atoms with van der Waals surface area (Å²) in [7, 11) is 4.85. The molecule has 1 unspecified atom stereocenters. The molecule has 0 bridgehead atoms. The molecule has 8 heteroatoms. The molecule has 0 aliphatic carbocycles. The molecule has 0 saturated carbocycles.